The summed E-state index contributed by atoms with van der Waals surface area (Å²) in [5, 5.41) is 9.56. The lowest BCUT2D eigenvalue weighted by atomic mass is 9.78. The Hall–Kier alpha value is -4.53. The van der Waals surface area contributed by atoms with Gasteiger partial charge in [0.2, 0.25) is 0 Å². The summed E-state index contributed by atoms with van der Waals surface area (Å²) in [5.74, 6) is -2.07. The van der Waals surface area contributed by atoms with Crippen molar-refractivity contribution in [2.75, 3.05) is 5.75 Å². The molecule has 0 fully saturated rings. The molecule has 0 heterocycles. The topological polar surface area (TPSA) is 75.0 Å². The molecule has 0 amide bonds. The lowest BCUT2D eigenvalue weighted by Crippen LogP contribution is -2.34. The first-order chi connectivity index (χ1) is 19.1. The van der Waals surface area contributed by atoms with Gasteiger partial charge in [0.1, 0.15) is 5.92 Å². The Bertz CT molecular complexity index is 1460. The minimum absolute atomic E-state index is 0.129. The van der Waals surface area contributed by atoms with Crippen LogP contribution in [0.5, 0.6) is 0 Å². The molecule has 0 aromatic heterocycles. The second-order valence-corrected chi connectivity index (χ2v) is 10.1. The Morgan fingerprint density at radius 1 is 0.667 bits per heavy atom. The summed E-state index contributed by atoms with van der Waals surface area (Å²) >= 11 is 1.33. The number of Topliss-reactive ketones (excluding diaryl/α,β-unsaturated/α-hetero) is 2. The number of ketones is 3. The van der Waals surface area contributed by atoms with E-state index in [1.54, 1.807) is 78.9 Å². The Morgan fingerprint density at radius 3 is 1.64 bits per heavy atom. The van der Waals surface area contributed by atoms with Crippen LogP contribution in [0.25, 0.3) is 0 Å². The van der Waals surface area contributed by atoms with Crippen molar-refractivity contribution in [1.82, 2.24) is 0 Å². The number of carbonyl (C=O) groups is 3. The van der Waals surface area contributed by atoms with Crippen LogP contribution in [0.15, 0.2) is 133 Å². The van der Waals surface area contributed by atoms with Gasteiger partial charge in [0.15, 0.2) is 17.3 Å². The van der Waals surface area contributed by atoms with Crippen molar-refractivity contribution < 1.29 is 14.4 Å². The Labute approximate surface area is 233 Å². The number of benzene rings is 4. The fraction of sp³-hybridized carbons (Fsp3) is 0.118. The number of rotatable bonds is 12. The zero-order chi connectivity index (χ0) is 27.5. The number of carbonyl (C=O) groups excluding carboxylic acids is 3. The first kappa shape index (κ1) is 27.5. The average Bonchev–Trinajstić information content (AvgIpc) is 3.01. The zero-order valence-electron chi connectivity index (χ0n) is 21.2. The van der Waals surface area contributed by atoms with Gasteiger partial charge in [0.25, 0.3) is 0 Å². The molecule has 0 aliphatic rings. The molecule has 3 atom stereocenters. The first-order valence-corrected chi connectivity index (χ1v) is 13.7. The van der Waals surface area contributed by atoms with Gasteiger partial charge < -0.3 is 0 Å². The lowest BCUT2D eigenvalue weighted by molar-refractivity contribution is 0.0913. The van der Waals surface area contributed by atoms with Crippen LogP contribution in [0.3, 0.4) is 0 Å². The van der Waals surface area contributed by atoms with Gasteiger partial charge in [0, 0.05) is 28.4 Å². The van der Waals surface area contributed by atoms with E-state index in [1.165, 1.54) is 17.8 Å². The fourth-order valence-corrected chi connectivity index (χ4v) is 5.65. The average molecular weight is 530 g/mol. The summed E-state index contributed by atoms with van der Waals surface area (Å²) in [6.07, 6.45) is 3.23. The SMILES string of the molecule is N#CC(C(=O)c1ccccc1)[C@@H](c1ccccc1)[C@@H](SC/C=C/C(=O)c1ccccc1)C(=O)c1ccccc1. The fourth-order valence-electron chi connectivity index (χ4n) is 4.42. The predicted octanol–water partition coefficient (Wildman–Crippen LogP) is 7.22. The summed E-state index contributed by atoms with van der Waals surface area (Å²) in [5.41, 5.74) is 2.24. The van der Waals surface area contributed by atoms with Crippen LogP contribution in [0.4, 0.5) is 0 Å². The minimum atomic E-state index is -1.09. The normalized spacial score (nSPS) is 13.2. The molecule has 4 nitrogen and oxygen atoms in total. The number of thioether (sulfide) groups is 1. The second kappa shape index (κ2) is 13.9. The maximum Gasteiger partial charge on any atom is 0.185 e. The second-order valence-electron chi connectivity index (χ2n) is 8.89. The van der Waals surface area contributed by atoms with Crippen LogP contribution >= 0.6 is 11.8 Å². The largest absolute Gasteiger partial charge is 0.293 e. The zero-order valence-corrected chi connectivity index (χ0v) is 22.0. The molecule has 4 rings (SSSR count). The minimum Gasteiger partial charge on any atom is -0.293 e. The van der Waals surface area contributed by atoms with Gasteiger partial charge in [0.05, 0.1) is 11.3 Å². The summed E-state index contributed by atoms with van der Waals surface area (Å²) in [7, 11) is 0. The van der Waals surface area contributed by atoms with Crippen molar-refractivity contribution in [3.8, 4) is 6.07 Å². The van der Waals surface area contributed by atoms with Crippen molar-refractivity contribution in [2.45, 2.75) is 11.2 Å². The van der Waals surface area contributed by atoms with E-state index in [0.717, 1.165) is 5.56 Å². The van der Waals surface area contributed by atoms with Gasteiger partial charge in [-0.2, -0.15) is 5.26 Å². The third-order valence-electron chi connectivity index (χ3n) is 6.37. The number of hydrogen-bond acceptors (Lipinski definition) is 5. The quantitative estimate of drug-likeness (QED) is 0.143. The number of allylic oxidation sites excluding steroid dienone is 1. The molecule has 0 saturated carbocycles. The van der Waals surface area contributed by atoms with Gasteiger partial charge in [-0.15, -0.1) is 11.8 Å². The Kier molecular flexibility index (Phi) is 9.77. The Balaban J connectivity index is 1.70. The summed E-state index contributed by atoms with van der Waals surface area (Å²) < 4.78 is 0. The van der Waals surface area contributed by atoms with Gasteiger partial charge in [-0.25, -0.2) is 0 Å². The van der Waals surface area contributed by atoms with Crippen molar-refractivity contribution in [3.05, 3.63) is 156 Å². The Morgan fingerprint density at radius 2 is 1.13 bits per heavy atom. The highest BCUT2D eigenvalue weighted by atomic mass is 32.2. The van der Waals surface area contributed by atoms with E-state index in [1.807, 2.05) is 48.5 Å². The number of nitrogens with zero attached hydrogens (tertiary/aromatic N) is 1. The highest BCUT2D eigenvalue weighted by molar-refractivity contribution is 8.00. The molecule has 0 saturated heterocycles. The van der Waals surface area contributed by atoms with Crippen LogP contribution in [0.1, 0.15) is 42.6 Å². The van der Waals surface area contributed by atoms with E-state index >= 15 is 0 Å². The molecule has 0 radical (unpaired) electrons. The molecule has 5 heteroatoms. The number of nitriles is 1. The van der Waals surface area contributed by atoms with Crippen LogP contribution < -0.4 is 0 Å². The van der Waals surface area contributed by atoms with E-state index in [2.05, 4.69) is 6.07 Å². The monoisotopic (exact) mass is 529 g/mol. The molecule has 0 bridgehead atoms. The molecule has 4 aromatic rings. The first-order valence-electron chi connectivity index (χ1n) is 12.6. The maximum atomic E-state index is 14.0. The molecule has 192 valence electrons. The summed E-state index contributed by atoms with van der Waals surface area (Å²) in [6, 6.07) is 38.1. The van der Waals surface area contributed by atoms with Crippen molar-refractivity contribution in [2.24, 2.45) is 5.92 Å². The molecule has 0 spiro atoms. The standard InChI is InChI=1S/C34H27NO3S/c35-24-29(32(37)27-18-9-3-10-19-27)31(26-16-7-2-8-17-26)34(33(38)28-20-11-4-12-21-28)39-23-13-22-30(36)25-14-5-1-6-15-25/h1-22,29,31,34H,23H2/b22-13+/t29?,31-,34-/m1/s1. The van der Waals surface area contributed by atoms with Crippen molar-refractivity contribution in [1.29, 1.82) is 5.26 Å². The molecular weight excluding hydrogens is 502 g/mol. The highest BCUT2D eigenvalue weighted by Gasteiger charge is 2.40. The van der Waals surface area contributed by atoms with Crippen LogP contribution in [-0.4, -0.2) is 28.4 Å². The molecule has 0 aliphatic heterocycles. The number of hydrogen-bond donors (Lipinski definition) is 0. The third-order valence-corrected chi connectivity index (χ3v) is 7.62. The highest BCUT2D eigenvalue weighted by Crippen LogP contribution is 2.38. The molecule has 39 heavy (non-hydrogen) atoms. The molecule has 0 N–H and O–H groups in total. The van der Waals surface area contributed by atoms with E-state index in [9.17, 15) is 19.6 Å². The molecular formula is C34H27NO3S. The lowest BCUT2D eigenvalue weighted by Gasteiger charge is -2.29. The van der Waals surface area contributed by atoms with Gasteiger partial charge in [-0.3, -0.25) is 14.4 Å². The smallest absolute Gasteiger partial charge is 0.185 e. The van der Waals surface area contributed by atoms with E-state index in [4.69, 9.17) is 0 Å². The molecule has 0 aliphatic carbocycles. The van der Waals surface area contributed by atoms with Crippen LogP contribution in [0, 0.1) is 17.2 Å². The molecule has 1 unspecified atom stereocenters. The van der Waals surface area contributed by atoms with E-state index < -0.39 is 17.1 Å². The van der Waals surface area contributed by atoms with Gasteiger partial charge in [-0.1, -0.05) is 127 Å². The van der Waals surface area contributed by atoms with E-state index in [0.29, 0.717) is 22.4 Å². The molecule has 4 aromatic carbocycles. The van der Waals surface area contributed by atoms with Crippen LogP contribution in [-0.2, 0) is 0 Å². The van der Waals surface area contributed by atoms with Crippen LogP contribution in [0.2, 0.25) is 0 Å². The van der Waals surface area contributed by atoms with Gasteiger partial charge in [-0.05, 0) is 11.6 Å². The van der Waals surface area contributed by atoms with Gasteiger partial charge >= 0.3 is 0 Å². The van der Waals surface area contributed by atoms with Crippen molar-refractivity contribution >= 4 is 29.1 Å². The third kappa shape index (κ3) is 7.07. The summed E-state index contributed by atoms with van der Waals surface area (Å²) in [4.78, 5) is 40.1. The maximum absolute atomic E-state index is 14.0. The van der Waals surface area contributed by atoms with Crippen molar-refractivity contribution in [3.63, 3.8) is 0 Å². The predicted molar refractivity (Wildman–Crippen MR) is 156 cm³/mol. The van der Waals surface area contributed by atoms with E-state index in [-0.39, 0.29) is 17.3 Å². The summed E-state index contributed by atoms with van der Waals surface area (Å²) in [6.45, 7) is 0.